The van der Waals surface area contributed by atoms with Gasteiger partial charge in [0.15, 0.2) is 0 Å². The van der Waals surface area contributed by atoms with Gasteiger partial charge in [0.2, 0.25) is 5.95 Å². The predicted molar refractivity (Wildman–Crippen MR) is 39.8 cm³/mol. The summed E-state index contributed by atoms with van der Waals surface area (Å²) in [4.78, 5) is 3.51. The maximum atomic E-state index is 12.3. The van der Waals surface area contributed by atoms with E-state index < -0.39 is 5.95 Å². The zero-order valence-electron chi connectivity index (χ0n) is 5.14. The van der Waals surface area contributed by atoms with Crippen molar-refractivity contribution in [1.29, 1.82) is 0 Å². The molecule has 0 bridgehead atoms. The fraction of sp³-hybridized carbons (Fsp3) is 0.167. The Kier molecular flexibility index (Phi) is 2.34. The first-order chi connectivity index (χ1) is 4.74. The van der Waals surface area contributed by atoms with Gasteiger partial charge in [0.25, 0.3) is 0 Å². The summed E-state index contributed by atoms with van der Waals surface area (Å²) < 4.78 is 12.8. The number of pyridine rings is 1. The van der Waals surface area contributed by atoms with Crippen molar-refractivity contribution in [3.8, 4) is 0 Å². The van der Waals surface area contributed by atoms with Crippen LogP contribution in [0.25, 0.3) is 0 Å². The van der Waals surface area contributed by atoms with Crippen molar-refractivity contribution in [3.63, 3.8) is 0 Å². The summed E-state index contributed by atoms with van der Waals surface area (Å²) in [5.41, 5.74) is 6.12. The minimum atomic E-state index is -0.496. The van der Waals surface area contributed by atoms with Crippen LogP contribution in [0.4, 0.5) is 4.39 Å². The molecule has 10 heavy (non-hydrogen) atoms. The first-order valence-electron chi connectivity index (χ1n) is 2.75. The maximum absolute atomic E-state index is 12.3. The van der Waals surface area contributed by atoms with Crippen LogP contribution in [0.2, 0.25) is 0 Å². The molecule has 1 heterocycles. The van der Waals surface area contributed by atoms with E-state index in [1.54, 1.807) is 6.07 Å². The van der Waals surface area contributed by atoms with Gasteiger partial charge in [-0.05, 0) is 27.6 Å². The number of hydrogen-bond donors (Lipinski definition) is 1. The third-order valence-corrected chi connectivity index (χ3v) is 1.80. The predicted octanol–water partition coefficient (Wildman–Crippen LogP) is 1.44. The lowest BCUT2D eigenvalue weighted by atomic mass is 10.3. The van der Waals surface area contributed by atoms with E-state index >= 15 is 0 Å². The highest BCUT2D eigenvalue weighted by Crippen LogP contribution is 2.12. The molecule has 0 fully saturated rings. The Morgan fingerprint density at radius 3 is 2.80 bits per heavy atom. The van der Waals surface area contributed by atoms with E-state index in [1.807, 2.05) is 0 Å². The van der Waals surface area contributed by atoms with Crippen molar-refractivity contribution in [2.75, 3.05) is 0 Å². The lowest BCUT2D eigenvalue weighted by Gasteiger charge is -1.97. The van der Waals surface area contributed by atoms with Crippen molar-refractivity contribution >= 4 is 15.9 Å². The van der Waals surface area contributed by atoms with Crippen molar-refractivity contribution in [2.24, 2.45) is 5.73 Å². The van der Waals surface area contributed by atoms with E-state index in [2.05, 4.69) is 20.9 Å². The van der Waals surface area contributed by atoms with Gasteiger partial charge in [0.05, 0.1) is 0 Å². The summed E-state index contributed by atoms with van der Waals surface area (Å²) in [6, 6.07) is 2.89. The molecule has 0 atom stereocenters. The molecule has 0 aliphatic rings. The molecular formula is C6H6BrFN2. The summed E-state index contributed by atoms with van der Waals surface area (Å²) in [6.07, 6.45) is 0. The molecule has 0 aliphatic carbocycles. The van der Waals surface area contributed by atoms with Gasteiger partial charge < -0.3 is 5.73 Å². The molecule has 1 aromatic rings. The lowest BCUT2D eigenvalue weighted by molar-refractivity contribution is 0.579. The average Bonchev–Trinajstić information content (AvgIpc) is 1.88. The number of hydrogen-bond acceptors (Lipinski definition) is 2. The second-order valence-corrected chi connectivity index (χ2v) is 2.54. The molecule has 1 rings (SSSR count). The van der Waals surface area contributed by atoms with Crippen LogP contribution in [-0.2, 0) is 6.54 Å². The highest BCUT2D eigenvalue weighted by molar-refractivity contribution is 9.10. The largest absolute Gasteiger partial charge is 0.326 e. The first kappa shape index (κ1) is 7.63. The Hall–Kier alpha value is -0.480. The highest BCUT2D eigenvalue weighted by atomic mass is 79.9. The van der Waals surface area contributed by atoms with E-state index in [-0.39, 0.29) is 0 Å². The fourth-order valence-corrected chi connectivity index (χ4v) is 1.06. The van der Waals surface area contributed by atoms with Gasteiger partial charge in [-0.2, -0.15) is 4.39 Å². The molecule has 0 unspecified atom stereocenters. The molecule has 1 aromatic heterocycles. The van der Waals surface area contributed by atoms with E-state index in [0.717, 1.165) is 5.56 Å². The molecule has 2 nitrogen and oxygen atoms in total. The average molecular weight is 205 g/mol. The standard InChI is InChI=1S/C6H6BrFN2/c7-6-4(3-9)1-2-5(8)10-6/h1-2H,3,9H2. The van der Waals surface area contributed by atoms with E-state index in [4.69, 9.17) is 5.73 Å². The van der Waals surface area contributed by atoms with Gasteiger partial charge in [0.1, 0.15) is 4.60 Å². The van der Waals surface area contributed by atoms with Crippen molar-refractivity contribution in [3.05, 3.63) is 28.2 Å². The van der Waals surface area contributed by atoms with Gasteiger partial charge in [-0.25, -0.2) is 4.98 Å². The van der Waals surface area contributed by atoms with Crippen LogP contribution in [0.1, 0.15) is 5.56 Å². The Balaban J connectivity index is 3.07. The smallest absolute Gasteiger partial charge is 0.213 e. The molecule has 0 saturated heterocycles. The Morgan fingerprint density at radius 1 is 1.60 bits per heavy atom. The van der Waals surface area contributed by atoms with Gasteiger partial charge in [-0.3, -0.25) is 0 Å². The third kappa shape index (κ3) is 1.52. The van der Waals surface area contributed by atoms with Crippen LogP contribution < -0.4 is 5.73 Å². The van der Waals surface area contributed by atoms with Crippen molar-refractivity contribution < 1.29 is 4.39 Å². The summed E-state index contributed by atoms with van der Waals surface area (Å²) in [7, 11) is 0. The molecule has 0 aromatic carbocycles. The summed E-state index contributed by atoms with van der Waals surface area (Å²) >= 11 is 3.08. The minimum Gasteiger partial charge on any atom is -0.326 e. The monoisotopic (exact) mass is 204 g/mol. The van der Waals surface area contributed by atoms with Crippen molar-refractivity contribution in [2.45, 2.75) is 6.54 Å². The zero-order chi connectivity index (χ0) is 7.56. The van der Waals surface area contributed by atoms with Gasteiger partial charge in [-0.1, -0.05) is 6.07 Å². The summed E-state index contributed by atoms with van der Waals surface area (Å²) in [5.74, 6) is -0.496. The Labute approximate surface area is 66.4 Å². The molecule has 0 radical (unpaired) electrons. The Bertz CT molecular complexity index is 239. The molecule has 0 spiro atoms. The number of halogens is 2. The van der Waals surface area contributed by atoms with E-state index in [1.165, 1.54) is 6.07 Å². The molecule has 54 valence electrons. The number of nitrogens with two attached hydrogens (primary N) is 1. The SMILES string of the molecule is NCc1ccc(F)nc1Br. The second kappa shape index (κ2) is 3.07. The van der Waals surface area contributed by atoms with Crippen LogP contribution in [0.15, 0.2) is 16.7 Å². The lowest BCUT2D eigenvalue weighted by Crippen LogP contribution is -1.99. The zero-order valence-corrected chi connectivity index (χ0v) is 6.73. The highest BCUT2D eigenvalue weighted by Gasteiger charge is 1.99. The van der Waals surface area contributed by atoms with Crippen LogP contribution in [0, 0.1) is 5.95 Å². The number of rotatable bonds is 1. The number of aromatic nitrogens is 1. The van der Waals surface area contributed by atoms with E-state index in [9.17, 15) is 4.39 Å². The quantitative estimate of drug-likeness (QED) is 0.704. The molecule has 0 saturated carbocycles. The minimum absolute atomic E-state index is 0.369. The Morgan fingerprint density at radius 2 is 2.30 bits per heavy atom. The van der Waals surface area contributed by atoms with Crippen LogP contribution >= 0.6 is 15.9 Å². The number of nitrogens with zero attached hydrogens (tertiary/aromatic N) is 1. The van der Waals surface area contributed by atoms with Crippen molar-refractivity contribution in [1.82, 2.24) is 4.98 Å². The molecular weight excluding hydrogens is 199 g/mol. The first-order valence-corrected chi connectivity index (χ1v) is 3.54. The third-order valence-electron chi connectivity index (χ3n) is 1.11. The van der Waals surface area contributed by atoms with Gasteiger partial charge >= 0.3 is 0 Å². The topological polar surface area (TPSA) is 38.9 Å². The van der Waals surface area contributed by atoms with Crippen LogP contribution in [-0.4, -0.2) is 4.98 Å². The molecule has 0 aliphatic heterocycles. The summed E-state index contributed by atoms with van der Waals surface area (Å²) in [5, 5.41) is 0. The van der Waals surface area contributed by atoms with Crippen LogP contribution in [0.3, 0.4) is 0 Å². The molecule has 4 heteroatoms. The van der Waals surface area contributed by atoms with Gasteiger partial charge in [-0.15, -0.1) is 0 Å². The summed E-state index contributed by atoms with van der Waals surface area (Å²) in [6.45, 7) is 0.369. The molecule has 0 amide bonds. The van der Waals surface area contributed by atoms with Gasteiger partial charge in [0, 0.05) is 6.54 Å². The maximum Gasteiger partial charge on any atom is 0.213 e. The second-order valence-electron chi connectivity index (χ2n) is 1.79. The van der Waals surface area contributed by atoms with Crippen LogP contribution in [0.5, 0.6) is 0 Å². The van der Waals surface area contributed by atoms with E-state index in [0.29, 0.717) is 11.1 Å². The normalized spacial score (nSPS) is 9.90. The fourth-order valence-electron chi connectivity index (χ4n) is 0.593. The molecule has 2 N–H and O–H groups in total.